The molecule has 1 rings (SSSR count). The minimum absolute atomic E-state index is 0. The molecule has 0 aromatic rings. The maximum atomic E-state index is 10.9. The molecule has 102 valence electrons. The minimum atomic E-state index is -2.87. The molecule has 2 N–H and O–H groups in total. The van der Waals surface area contributed by atoms with Crippen molar-refractivity contribution in [3.05, 3.63) is 0 Å². The molecule has 0 aromatic heterocycles. The second-order valence-electron chi connectivity index (χ2n) is 3.82. The molecule has 0 saturated carbocycles. The van der Waals surface area contributed by atoms with Gasteiger partial charge in [0.25, 0.3) is 0 Å². The zero-order valence-corrected chi connectivity index (χ0v) is 13.9. The van der Waals surface area contributed by atoms with Crippen LogP contribution in [0.2, 0.25) is 0 Å². The zero-order chi connectivity index (χ0) is 12.0. The van der Waals surface area contributed by atoms with Gasteiger partial charge in [-0.15, -0.1) is 24.0 Å². The van der Waals surface area contributed by atoms with Crippen LogP contribution in [0.25, 0.3) is 0 Å². The van der Waals surface area contributed by atoms with Crippen LogP contribution in [0.4, 0.5) is 0 Å². The summed E-state index contributed by atoms with van der Waals surface area (Å²) in [6, 6.07) is 0. The Balaban J connectivity index is 0.00000256. The third-order valence-corrected chi connectivity index (χ3v) is 4.25. The van der Waals surface area contributed by atoms with Gasteiger partial charge < -0.3 is 10.6 Å². The molecule has 0 radical (unpaired) electrons. The summed E-state index contributed by atoms with van der Waals surface area (Å²) in [5, 5.41) is 0. The summed E-state index contributed by atoms with van der Waals surface area (Å²) < 4.78 is 21.8. The summed E-state index contributed by atoms with van der Waals surface area (Å²) in [5.41, 5.74) is 5.82. The van der Waals surface area contributed by atoms with Crippen LogP contribution in [0.3, 0.4) is 0 Å². The highest BCUT2D eigenvalue weighted by Crippen LogP contribution is 2.08. The average molecular weight is 393 g/mol. The first-order valence-corrected chi connectivity index (χ1v) is 8.51. The van der Waals surface area contributed by atoms with E-state index < -0.39 is 9.84 Å². The highest BCUT2D eigenvalue weighted by molar-refractivity contribution is 14.0. The van der Waals surface area contributed by atoms with E-state index in [0.717, 1.165) is 24.6 Å². The van der Waals surface area contributed by atoms with E-state index in [1.54, 1.807) is 0 Å². The monoisotopic (exact) mass is 393 g/mol. The van der Waals surface area contributed by atoms with Crippen LogP contribution in [-0.4, -0.2) is 62.4 Å². The third kappa shape index (κ3) is 8.09. The van der Waals surface area contributed by atoms with E-state index in [-0.39, 0.29) is 29.7 Å². The highest BCUT2D eigenvalue weighted by atomic mass is 127. The zero-order valence-electron chi connectivity index (χ0n) is 9.96. The van der Waals surface area contributed by atoms with Crippen LogP contribution in [0.1, 0.15) is 6.42 Å². The van der Waals surface area contributed by atoms with E-state index in [1.165, 1.54) is 6.26 Å². The maximum Gasteiger partial charge on any atom is 0.191 e. The lowest BCUT2D eigenvalue weighted by Crippen LogP contribution is -2.42. The molecule has 0 aliphatic carbocycles. The van der Waals surface area contributed by atoms with Crippen molar-refractivity contribution >= 4 is 51.5 Å². The van der Waals surface area contributed by atoms with Crippen molar-refractivity contribution in [1.29, 1.82) is 0 Å². The second-order valence-corrected chi connectivity index (χ2v) is 7.31. The fourth-order valence-electron chi connectivity index (χ4n) is 1.41. The molecular formula is C9H20IN3O2S2. The molecule has 0 unspecified atom stereocenters. The molecule has 0 bridgehead atoms. The van der Waals surface area contributed by atoms with Gasteiger partial charge in [0.15, 0.2) is 5.96 Å². The van der Waals surface area contributed by atoms with Gasteiger partial charge in [-0.05, 0) is 6.42 Å². The van der Waals surface area contributed by atoms with Crippen molar-refractivity contribution in [2.24, 2.45) is 10.7 Å². The lowest BCUT2D eigenvalue weighted by atomic mass is 10.5. The van der Waals surface area contributed by atoms with E-state index in [0.29, 0.717) is 18.9 Å². The van der Waals surface area contributed by atoms with Crippen molar-refractivity contribution in [2.75, 3.05) is 43.1 Å². The largest absolute Gasteiger partial charge is 0.370 e. The smallest absolute Gasteiger partial charge is 0.191 e. The number of thioether (sulfide) groups is 1. The molecule has 8 heteroatoms. The molecular weight excluding hydrogens is 373 g/mol. The number of nitrogens with two attached hydrogens (primary N) is 1. The first kappa shape index (κ1) is 17.3. The second kappa shape index (κ2) is 8.41. The maximum absolute atomic E-state index is 10.9. The Morgan fingerprint density at radius 1 is 1.41 bits per heavy atom. The number of hydrogen-bond donors (Lipinski definition) is 1. The van der Waals surface area contributed by atoms with Gasteiger partial charge in [-0.3, -0.25) is 4.99 Å². The van der Waals surface area contributed by atoms with Crippen molar-refractivity contribution in [1.82, 2.24) is 4.90 Å². The molecule has 0 aromatic carbocycles. The quantitative estimate of drug-likeness (QED) is 0.324. The number of guanidine groups is 1. The van der Waals surface area contributed by atoms with Gasteiger partial charge in [0.2, 0.25) is 0 Å². The lowest BCUT2D eigenvalue weighted by Gasteiger charge is -2.27. The number of sulfone groups is 1. The summed E-state index contributed by atoms with van der Waals surface area (Å²) in [6.45, 7) is 2.36. The van der Waals surface area contributed by atoms with Gasteiger partial charge in [0, 0.05) is 37.4 Å². The summed E-state index contributed by atoms with van der Waals surface area (Å²) in [5.74, 6) is 2.90. The number of rotatable bonds is 4. The predicted octanol–water partition coefficient (Wildman–Crippen LogP) is 0.403. The molecule has 1 aliphatic rings. The van der Waals surface area contributed by atoms with E-state index >= 15 is 0 Å². The highest BCUT2D eigenvalue weighted by Gasteiger charge is 2.11. The van der Waals surface area contributed by atoms with E-state index in [9.17, 15) is 8.42 Å². The van der Waals surface area contributed by atoms with Crippen LogP contribution in [-0.2, 0) is 9.84 Å². The van der Waals surface area contributed by atoms with Gasteiger partial charge in [-0.25, -0.2) is 8.42 Å². The van der Waals surface area contributed by atoms with E-state index in [2.05, 4.69) is 9.89 Å². The van der Waals surface area contributed by atoms with Gasteiger partial charge in [0.05, 0.1) is 5.75 Å². The van der Waals surface area contributed by atoms with Gasteiger partial charge in [-0.2, -0.15) is 11.8 Å². The molecule has 0 atom stereocenters. The molecule has 0 spiro atoms. The Labute approximate surface area is 125 Å². The van der Waals surface area contributed by atoms with Gasteiger partial charge in [0.1, 0.15) is 9.84 Å². The predicted molar refractivity (Wildman–Crippen MR) is 85.1 cm³/mol. The van der Waals surface area contributed by atoms with Crippen LogP contribution >= 0.6 is 35.7 Å². The normalized spacial score (nSPS) is 17.7. The molecule has 1 heterocycles. The Kier molecular flexibility index (Phi) is 8.56. The van der Waals surface area contributed by atoms with Crippen molar-refractivity contribution in [3.63, 3.8) is 0 Å². The Morgan fingerprint density at radius 3 is 2.53 bits per heavy atom. The number of aliphatic imine (C=N–C) groups is 1. The summed E-state index contributed by atoms with van der Waals surface area (Å²) >= 11 is 1.92. The van der Waals surface area contributed by atoms with Crippen LogP contribution in [0, 0.1) is 0 Å². The van der Waals surface area contributed by atoms with Gasteiger partial charge >= 0.3 is 0 Å². The van der Waals surface area contributed by atoms with Crippen molar-refractivity contribution < 1.29 is 8.42 Å². The van der Waals surface area contributed by atoms with Crippen LogP contribution in [0.5, 0.6) is 0 Å². The fraction of sp³-hybridized carbons (Fsp3) is 0.889. The summed E-state index contributed by atoms with van der Waals surface area (Å²) in [4.78, 5) is 6.25. The Bertz CT molecular complexity index is 340. The van der Waals surface area contributed by atoms with E-state index in [1.807, 2.05) is 11.8 Å². The SMILES string of the molecule is CS(=O)(=O)CCCN=C(N)N1CCSCC1.I. The Morgan fingerprint density at radius 2 is 2.00 bits per heavy atom. The minimum Gasteiger partial charge on any atom is -0.370 e. The molecule has 1 aliphatic heterocycles. The third-order valence-electron chi connectivity index (χ3n) is 2.28. The number of nitrogens with zero attached hydrogens (tertiary/aromatic N) is 2. The first-order valence-electron chi connectivity index (χ1n) is 5.29. The van der Waals surface area contributed by atoms with Crippen LogP contribution in [0.15, 0.2) is 4.99 Å². The van der Waals surface area contributed by atoms with Crippen LogP contribution < -0.4 is 5.73 Å². The average Bonchev–Trinajstić information content (AvgIpc) is 2.24. The molecule has 1 fully saturated rings. The summed E-state index contributed by atoms with van der Waals surface area (Å²) in [7, 11) is -2.87. The molecule has 17 heavy (non-hydrogen) atoms. The van der Waals surface area contributed by atoms with Gasteiger partial charge in [-0.1, -0.05) is 0 Å². The van der Waals surface area contributed by atoms with Crippen molar-refractivity contribution in [2.45, 2.75) is 6.42 Å². The fourth-order valence-corrected chi connectivity index (χ4v) is 2.97. The summed E-state index contributed by atoms with van der Waals surface area (Å²) in [6.07, 6.45) is 1.78. The molecule has 1 saturated heterocycles. The standard InChI is InChI=1S/C9H19N3O2S2.HI/c1-16(13,14)8-2-3-11-9(10)12-4-6-15-7-5-12;/h2-8H2,1H3,(H2,10,11);1H. The Hall–Kier alpha value is 0.300. The lowest BCUT2D eigenvalue weighted by molar-refractivity contribution is 0.456. The number of hydrogen-bond acceptors (Lipinski definition) is 4. The topological polar surface area (TPSA) is 75.8 Å². The van der Waals surface area contributed by atoms with Crippen molar-refractivity contribution in [3.8, 4) is 0 Å². The number of halogens is 1. The first-order chi connectivity index (χ1) is 7.49. The van der Waals surface area contributed by atoms with E-state index in [4.69, 9.17) is 5.73 Å². The molecule has 5 nitrogen and oxygen atoms in total. The molecule has 0 amide bonds.